The molecule has 0 aromatic heterocycles. The van der Waals surface area contributed by atoms with Crippen LogP contribution in [0.3, 0.4) is 0 Å². The van der Waals surface area contributed by atoms with Gasteiger partial charge in [-0.05, 0) is 144 Å². The summed E-state index contributed by atoms with van der Waals surface area (Å²) in [4.78, 5) is 0. The van der Waals surface area contributed by atoms with E-state index in [0.29, 0.717) is 0 Å². The highest BCUT2D eigenvalue weighted by Gasteiger charge is 2.26. The fourth-order valence-electron chi connectivity index (χ4n) is 11.9. The van der Waals surface area contributed by atoms with Gasteiger partial charge in [-0.25, -0.2) is 0 Å². The SMILES string of the molecule is c1ccc(-c2ccc(-c3ccc(-c4c5ccccc5c(-c5ccc(-c6ccc(-c7ccccc7)cc6)cc5)c5c(-c6ccc(-c7ccccc7)cc6)c6ccccc6c(-c6ccc(-c7ccccc7)cc6)c45)cc3)cc2)cc1. The van der Waals surface area contributed by atoms with E-state index in [1.54, 1.807) is 0 Å². The standard InChI is InChI=1S/C78H52/c1-5-17-53(18-6-1)57-29-33-61(34-30-57)63-41-49-67(50-42-63)75-71-27-15-16-28-72(71)76(68-51-43-64(44-52-68)62-35-31-58(32-36-62)54-19-7-2-8-20-54)78-74(66-47-39-60(40-48-66)56-23-11-4-12-24-56)70-26-14-13-25-69(70)73(77(75)78)65-45-37-59(38-46-65)55-21-9-3-10-22-55/h1-52H. The van der Waals surface area contributed by atoms with Crippen molar-refractivity contribution in [1.29, 1.82) is 0 Å². The lowest BCUT2D eigenvalue weighted by atomic mass is 9.77. The van der Waals surface area contributed by atoms with E-state index in [-0.39, 0.29) is 0 Å². The molecule has 0 fully saturated rings. The molecule has 0 nitrogen and oxygen atoms in total. The largest absolute Gasteiger partial charge is 0.0622 e. The third-order valence-electron chi connectivity index (χ3n) is 15.7. The molecule has 0 aliphatic rings. The summed E-state index contributed by atoms with van der Waals surface area (Å²) in [5.41, 5.74) is 24.0. The van der Waals surface area contributed by atoms with E-state index in [0.717, 1.165) is 0 Å². The molecular formula is C78H52. The number of hydrogen-bond donors (Lipinski definition) is 0. The molecule has 0 amide bonds. The van der Waals surface area contributed by atoms with Crippen LogP contribution < -0.4 is 0 Å². The van der Waals surface area contributed by atoms with Crippen LogP contribution in [0.4, 0.5) is 0 Å². The fraction of sp³-hybridized carbons (Fsp3) is 0. The van der Waals surface area contributed by atoms with Gasteiger partial charge in [0, 0.05) is 0 Å². The molecule has 0 radical (unpaired) electrons. The van der Waals surface area contributed by atoms with Gasteiger partial charge in [0.15, 0.2) is 0 Å². The molecule has 364 valence electrons. The van der Waals surface area contributed by atoms with Crippen molar-refractivity contribution in [2.24, 2.45) is 0 Å². The topological polar surface area (TPSA) is 0 Å². The first kappa shape index (κ1) is 46.4. The van der Waals surface area contributed by atoms with Gasteiger partial charge in [0.25, 0.3) is 0 Å². The lowest BCUT2D eigenvalue weighted by Crippen LogP contribution is -1.98. The Labute approximate surface area is 456 Å². The zero-order chi connectivity index (χ0) is 51.8. The summed E-state index contributed by atoms with van der Waals surface area (Å²) in [5, 5.41) is 7.32. The Balaban J connectivity index is 1.04. The summed E-state index contributed by atoms with van der Waals surface area (Å²) >= 11 is 0. The Kier molecular flexibility index (Phi) is 12.0. The van der Waals surface area contributed by atoms with Crippen LogP contribution in [-0.4, -0.2) is 0 Å². The van der Waals surface area contributed by atoms with Crippen molar-refractivity contribution in [1.82, 2.24) is 0 Å². The molecule has 14 aromatic carbocycles. The van der Waals surface area contributed by atoms with Gasteiger partial charge in [0.1, 0.15) is 0 Å². The molecule has 0 heteroatoms. The van der Waals surface area contributed by atoms with E-state index in [1.165, 1.54) is 144 Å². The second-order valence-electron chi connectivity index (χ2n) is 20.3. The highest BCUT2D eigenvalue weighted by molar-refractivity contribution is 6.34. The highest BCUT2D eigenvalue weighted by atomic mass is 14.3. The molecule has 0 atom stereocenters. The summed E-state index contributed by atoms with van der Waals surface area (Å²) in [6.07, 6.45) is 0. The summed E-state index contributed by atoms with van der Waals surface area (Å²) in [5.74, 6) is 0. The maximum atomic E-state index is 2.35. The van der Waals surface area contributed by atoms with Crippen LogP contribution in [0.15, 0.2) is 315 Å². The van der Waals surface area contributed by atoms with Gasteiger partial charge in [-0.3, -0.25) is 0 Å². The van der Waals surface area contributed by atoms with Gasteiger partial charge in [-0.1, -0.05) is 315 Å². The van der Waals surface area contributed by atoms with Gasteiger partial charge in [-0.15, -0.1) is 0 Å². The normalized spacial score (nSPS) is 11.3. The summed E-state index contributed by atoms with van der Waals surface area (Å²) in [6.45, 7) is 0. The van der Waals surface area contributed by atoms with Crippen molar-refractivity contribution in [3.8, 4) is 111 Å². The van der Waals surface area contributed by atoms with Gasteiger partial charge in [-0.2, -0.15) is 0 Å². The maximum Gasteiger partial charge on any atom is -0.000139 e. The van der Waals surface area contributed by atoms with Crippen molar-refractivity contribution < 1.29 is 0 Å². The molecule has 0 saturated carbocycles. The molecular weight excluding hydrogens is 937 g/mol. The molecule has 0 aliphatic carbocycles. The van der Waals surface area contributed by atoms with E-state index in [2.05, 4.69) is 315 Å². The third-order valence-corrected chi connectivity index (χ3v) is 15.7. The summed E-state index contributed by atoms with van der Waals surface area (Å²) in [7, 11) is 0. The molecule has 14 aromatic rings. The van der Waals surface area contributed by atoms with E-state index in [1.807, 2.05) is 0 Å². The first-order valence-corrected chi connectivity index (χ1v) is 27.0. The van der Waals surface area contributed by atoms with Gasteiger partial charge in [0.05, 0.1) is 0 Å². The second-order valence-corrected chi connectivity index (χ2v) is 20.3. The smallest absolute Gasteiger partial charge is 0.000139 e. The number of fused-ring (bicyclic) bond motifs is 3. The highest BCUT2D eigenvalue weighted by Crippen LogP contribution is 2.54. The van der Waals surface area contributed by atoms with Crippen LogP contribution in [0.1, 0.15) is 0 Å². The molecule has 0 spiro atoms. The molecule has 78 heavy (non-hydrogen) atoms. The number of rotatable bonds is 10. The third kappa shape index (κ3) is 8.56. The van der Waals surface area contributed by atoms with Crippen molar-refractivity contribution in [3.05, 3.63) is 315 Å². The predicted molar refractivity (Wildman–Crippen MR) is 333 cm³/mol. The molecule has 0 saturated heterocycles. The Morgan fingerprint density at radius 3 is 0.397 bits per heavy atom. The van der Waals surface area contributed by atoms with Crippen molar-refractivity contribution in [3.63, 3.8) is 0 Å². The Hall–Kier alpha value is -10.1. The first-order valence-electron chi connectivity index (χ1n) is 27.0. The van der Waals surface area contributed by atoms with E-state index >= 15 is 0 Å². The molecule has 0 aliphatic heterocycles. The zero-order valence-corrected chi connectivity index (χ0v) is 43.0. The minimum atomic E-state index is 1.17. The quantitative estimate of drug-likeness (QED) is 0.120. The lowest BCUT2D eigenvalue weighted by Gasteiger charge is -2.25. The van der Waals surface area contributed by atoms with Crippen molar-refractivity contribution >= 4 is 32.3 Å². The average molecular weight is 989 g/mol. The average Bonchev–Trinajstić information content (AvgIpc) is 3.25. The zero-order valence-electron chi connectivity index (χ0n) is 43.0. The van der Waals surface area contributed by atoms with Crippen LogP contribution in [-0.2, 0) is 0 Å². The Bertz CT molecular complexity index is 4120. The van der Waals surface area contributed by atoms with Crippen LogP contribution in [0, 0.1) is 0 Å². The van der Waals surface area contributed by atoms with E-state index in [4.69, 9.17) is 0 Å². The van der Waals surface area contributed by atoms with E-state index < -0.39 is 0 Å². The van der Waals surface area contributed by atoms with Gasteiger partial charge in [0.2, 0.25) is 0 Å². The minimum Gasteiger partial charge on any atom is -0.0622 e. The number of benzene rings is 14. The Morgan fingerprint density at radius 1 is 0.103 bits per heavy atom. The summed E-state index contributed by atoms with van der Waals surface area (Å²) in [6, 6.07) is 116. The first-order chi connectivity index (χ1) is 38.7. The molecule has 0 N–H and O–H groups in total. The molecule has 0 unspecified atom stereocenters. The van der Waals surface area contributed by atoms with E-state index in [9.17, 15) is 0 Å². The van der Waals surface area contributed by atoms with Gasteiger partial charge >= 0.3 is 0 Å². The summed E-state index contributed by atoms with van der Waals surface area (Å²) < 4.78 is 0. The van der Waals surface area contributed by atoms with Crippen LogP contribution in [0.25, 0.3) is 144 Å². The lowest BCUT2D eigenvalue weighted by molar-refractivity contribution is 1.58. The Morgan fingerprint density at radius 2 is 0.231 bits per heavy atom. The maximum absolute atomic E-state index is 2.35. The van der Waals surface area contributed by atoms with Crippen LogP contribution in [0.5, 0.6) is 0 Å². The number of hydrogen-bond acceptors (Lipinski definition) is 0. The monoisotopic (exact) mass is 988 g/mol. The minimum absolute atomic E-state index is 1.17. The van der Waals surface area contributed by atoms with Gasteiger partial charge < -0.3 is 0 Å². The molecule has 0 heterocycles. The fourth-order valence-corrected chi connectivity index (χ4v) is 11.9. The molecule has 14 rings (SSSR count). The predicted octanol–water partition coefficient (Wildman–Crippen LogP) is 21.8. The second kappa shape index (κ2) is 20.2. The van der Waals surface area contributed by atoms with Crippen molar-refractivity contribution in [2.45, 2.75) is 0 Å². The van der Waals surface area contributed by atoms with Crippen molar-refractivity contribution in [2.75, 3.05) is 0 Å². The van der Waals surface area contributed by atoms with Crippen LogP contribution in [0.2, 0.25) is 0 Å². The molecule has 0 bridgehead atoms. The van der Waals surface area contributed by atoms with Crippen LogP contribution >= 0.6 is 0 Å².